The van der Waals surface area contributed by atoms with Crippen molar-refractivity contribution in [2.24, 2.45) is 17.8 Å². The summed E-state index contributed by atoms with van der Waals surface area (Å²) in [6.45, 7) is 5.48. The Morgan fingerprint density at radius 1 is 0.919 bits per heavy atom. The molecule has 4 heteroatoms. The molecule has 3 aliphatic carbocycles. The van der Waals surface area contributed by atoms with Crippen LogP contribution in [0.15, 0.2) is 30.4 Å². The van der Waals surface area contributed by atoms with Crippen LogP contribution in [-0.4, -0.2) is 23.8 Å². The monoisotopic (exact) mass is 512 g/mol. The van der Waals surface area contributed by atoms with Crippen molar-refractivity contribution in [3.8, 4) is 0 Å². The van der Waals surface area contributed by atoms with E-state index in [4.69, 9.17) is 9.84 Å². The molecule has 1 N–H and O–H groups in total. The molecule has 206 valence electrons. The van der Waals surface area contributed by atoms with E-state index in [-0.39, 0.29) is 24.1 Å². The van der Waals surface area contributed by atoms with E-state index < -0.39 is 5.97 Å². The third kappa shape index (κ3) is 7.68. The number of aliphatic hydroxyl groups excluding tert-OH is 1. The molecule has 0 heterocycles. The number of carbonyl (C=O) groups excluding carboxylic acids is 1. The van der Waals surface area contributed by atoms with Crippen LogP contribution in [-0.2, 0) is 9.53 Å². The van der Waals surface area contributed by atoms with Gasteiger partial charge in [-0.2, -0.15) is 0 Å². The minimum Gasteiger partial charge on any atom is -0.459 e. The van der Waals surface area contributed by atoms with Crippen LogP contribution >= 0.6 is 0 Å². The molecular weight excluding hydrogens is 463 g/mol. The van der Waals surface area contributed by atoms with Gasteiger partial charge in [0.15, 0.2) is 0 Å². The summed E-state index contributed by atoms with van der Waals surface area (Å²) in [4.78, 5) is 11.9. The number of carbonyl (C=O) groups is 1. The second-order valence-corrected chi connectivity index (χ2v) is 12.3. The summed E-state index contributed by atoms with van der Waals surface area (Å²) in [7, 11) is 0. The third-order valence-electron chi connectivity index (χ3n) is 9.91. The predicted molar refractivity (Wildman–Crippen MR) is 148 cm³/mol. The number of rotatable bonds is 10. The minimum atomic E-state index is -0.463. The fourth-order valence-corrected chi connectivity index (χ4v) is 7.47. The van der Waals surface area contributed by atoms with E-state index in [1.54, 1.807) is 0 Å². The SMILES string of the molecule is C=C(CO)C(=O)OC1CCC(C2CCC(c3ccc(C4CCC(CCCCC)CC4)cc3F)CC2)CC1. The molecule has 1 aromatic carbocycles. The van der Waals surface area contributed by atoms with Gasteiger partial charge in [-0.3, -0.25) is 0 Å². The maximum atomic E-state index is 15.3. The summed E-state index contributed by atoms with van der Waals surface area (Å²) in [5.74, 6) is 2.72. The Hall–Kier alpha value is -1.68. The second kappa shape index (κ2) is 13.9. The maximum Gasteiger partial charge on any atom is 0.336 e. The van der Waals surface area contributed by atoms with Crippen LogP contribution in [0.25, 0.3) is 0 Å². The first kappa shape index (κ1) is 28.3. The van der Waals surface area contributed by atoms with Crippen molar-refractivity contribution in [2.45, 2.75) is 128 Å². The summed E-state index contributed by atoms with van der Waals surface area (Å²) in [5, 5.41) is 9.06. The van der Waals surface area contributed by atoms with Crippen molar-refractivity contribution >= 4 is 5.97 Å². The zero-order valence-corrected chi connectivity index (χ0v) is 23.1. The van der Waals surface area contributed by atoms with Crippen molar-refractivity contribution in [3.63, 3.8) is 0 Å². The number of aliphatic hydroxyl groups is 1. The fourth-order valence-electron chi connectivity index (χ4n) is 7.47. The molecule has 4 rings (SSSR count). The summed E-state index contributed by atoms with van der Waals surface area (Å²) in [5.41, 5.74) is 2.29. The Bertz CT molecular complexity index is 872. The highest BCUT2D eigenvalue weighted by Gasteiger charge is 2.33. The summed E-state index contributed by atoms with van der Waals surface area (Å²) < 4.78 is 20.8. The number of halogens is 1. The predicted octanol–water partition coefficient (Wildman–Crippen LogP) is 8.60. The van der Waals surface area contributed by atoms with Gasteiger partial charge in [0.25, 0.3) is 0 Å². The highest BCUT2D eigenvalue weighted by molar-refractivity contribution is 5.88. The van der Waals surface area contributed by atoms with Gasteiger partial charge in [0.2, 0.25) is 0 Å². The fraction of sp³-hybridized carbons (Fsp3) is 0.727. The van der Waals surface area contributed by atoms with Crippen molar-refractivity contribution in [1.29, 1.82) is 0 Å². The highest BCUT2D eigenvalue weighted by atomic mass is 19.1. The average molecular weight is 513 g/mol. The Balaban J connectivity index is 1.21. The van der Waals surface area contributed by atoms with Crippen LogP contribution in [0.1, 0.15) is 133 Å². The lowest BCUT2D eigenvalue weighted by atomic mass is 9.69. The van der Waals surface area contributed by atoms with E-state index in [1.165, 1.54) is 69.8 Å². The number of ether oxygens (including phenoxy) is 1. The molecule has 3 fully saturated rings. The molecule has 0 aliphatic heterocycles. The van der Waals surface area contributed by atoms with E-state index in [0.717, 1.165) is 50.0 Å². The van der Waals surface area contributed by atoms with Gasteiger partial charge in [-0.25, -0.2) is 9.18 Å². The number of unbranched alkanes of at least 4 members (excludes halogenated alkanes) is 2. The molecular formula is C33H49FO3. The molecule has 0 amide bonds. The van der Waals surface area contributed by atoms with E-state index in [2.05, 4.69) is 25.6 Å². The van der Waals surface area contributed by atoms with Crippen LogP contribution in [0.4, 0.5) is 4.39 Å². The van der Waals surface area contributed by atoms with Crippen LogP contribution in [0.5, 0.6) is 0 Å². The van der Waals surface area contributed by atoms with Crippen molar-refractivity contribution in [3.05, 3.63) is 47.3 Å². The summed E-state index contributed by atoms with van der Waals surface area (Å²) >= 11 is 0. The molecule has 1 aromatic rings. The first-order valence-corrected chi connectivity index (χ1v) is 15.3. The standard InChI is InChI=1S/C33H49FO3/c1-3-4-5-6-24-7-9-27(10-8-24)29-17-20-31(32(34)21-29)28-13-11-25(12-14-28)26-15-18-30(19-16-26)37-33(36)23(2)22-35/h17,20-21,24-28,30,35H,2-16,18-19,22H2,1H3. The Morgan fingerprint density at radius 2 is 1.54 bits per heavy atom. The molecule has 0 bridgehead atoms. The van der Waals surface area contributed by atoms with E-state index in [9.17, 15) is 4.79 Å². The quantitative estimate of drug-likeness (QED) is 0.194. The molecule has 3 aliphatic rings. The summed E-state index contributed by atoms with van der Waals surface area (Å²) in [6.07, 6.45) is 18.9. The van der Waals surface area contributed by atoms with E-state index in [1.807, 2.05) is 6.07 Å². The van der Waals surface area contributed by atoms with Crippen LogP contribution < -0.4 is 0 Å². The molecule has 37 heavy (non-hydrogen) atoms. The van der Waals surface area contributed by atoms with Crippen molar-refractivity contribution in [1.82, 2.24) is 0 Å². The molecule has 0 unspecified atom stereocenters. The lowest BCUT2D eigenvalue weighted by Gasteiger charge is -2.38. The van der Waals surface area contributed by atoms with Crippen molar-refractivity contribution in [2.75, 3.05) is 6.61 Å². The van der Waals surface area contributed by atoms with Gasteiger partial charge in [-0.05, 0) is 124 Å². The number of hydrogen-bond acceptors (Lipinski definition) is 3. The number of benzene rings is 1. The molecule has 0 spiro atoms. The second-order valence-electron chi connectivity index (χ2n) is 12.3. The zero-order chi connectivity index (χ0) is 26.2. The molecule has 3 saturated carbocycles. The Morgan fingerprint density at radius 3 is 2.14 bits per heavy atom. The van der Waals surface area contributed by atoms with Crippen LogP contribution in [0.2, 0.25) is 0 Å². The van der Waals surface area contributed by atoms with Gasteiger partial charge in [0, 0.05) is 0 Å². The van der Waals surface area contributed by atoms with Gasteiger partial charge >= 0.3 is 5.97 Å². The smallest absolute Gasteiger partial charge is 0.336 e. The highest BCUT2D eigenvalue weighted by Crippen LogP contribution is 2.45. The number of esters is 1. The molecule has 0 atom stereocenters. The minimum absolute atomic E-state index is 0.0258. The topological polar surface area (TPSA) is 46.5 Å². The van der Waals surface area contributed by atoms with Gasteiger partial charge < -0.3 is 9.84 Å². The lowest BCUT2D eigenvalue weighted by molar-refractivity contribution is -0.146. The molecule has 0 radical (unpaired) electrons. The lowest BCUT2D eigenvalue weighted by Crippen LogP contribution is -2.30. The maximum absolute atomic E-state index is 15.3. The molecule has 0 aromatic heterocycles. The first-order valence-electron chi connectivity index (χ1n) is 15.3. The van der Waals surface area contributed by atoms with Gasteiger partial charge in [0.05, 0.1) is 12.2 Å². The van der Waals surface area contributed by atoms with Crippen molar-refractivity contribution < 1.29 is 19.0 Å². The normalized spacial score (nSPS) is 30.6. The summed E-state index contributed by atoms with van der Waals surface area (Å²) in [6, 6.07) is 6.22. The first-order chi connectivity index (χ1) is 18.0. The van der Waals surface area contributed by atoms with Gasteiger partial charge in [-0.15, -0.1) is 0 Å². The Labute approximate surface area is 224 Å². The number of hydrogen-bond donors (Lipinski definition) is 1. The third-order valence-corrected chi connectivity index (χ3v) is 9.91. The average Bonchev–Trinajstić information content (AvgIpc) is 2.93. The van der Waals surface area contributed by atoms with Gasteiger partial charge in [-0.1, -0.05) is 51.3 Å². The van der Waals surface area contributed by atoms with E-state index in [0.29, 0.717) is 23.7 Å². The molecule has 3 nitrogen and oxygen atoms in total. The Kier molecular flexibility index (Phi) is 10.7. The largest absolute Gasteiger partial charge is 0.459 e. The van der Waals surface area contributed by atoms with Crippen LogP contribution in [0.3, 0.4) is 0 Å². The van der Waals surface area contributed by atoms with E-state index >= 15 is 4.39 Å². The van der Waals surface area contributed by atoms with Gasteiger partial charge in [0.1, 0.15) is 11.9 Å². The zero-order valence-electron chi connectivity index (χ0n) is 23.1. The van der Waals surface area contributed by atoms with Crippen LogP contribution in [0, 0.1) is 23.6 Å². The molecule has 0 saturated heterocycles.